The van der Waals surface area contributed by atoms with E-state index in [1.807, 2.05) is 11.8 Å². The molecule has 0 radical (unpaired) electrons. The molecule has 0 aliphatic rings. The smallest absolute Gasteiger partial charge is 0.137 e. The summed E-state index contributed by atoms with van der Waals surface area (Å²) in [5.74, 6) is -1.90. The molecule has 2 aromatic carbocycles. The van der Waals surface area contributed by atoms with Gasteiger partial charge in [0, 0.05) is 24.7 Å². The predicted octanol–water partition coefficient (Wildman–Crippen LogP) is 2.75. The first kappa shape index (κ1) is 23.6. The zero-order valence-electron chi connectivity index (χ0n) is 18.5. The molecule has 4 aromatic rings. The Morgan fingerprint density at radius 1 is 1.06 bits per heavy atom. The second-order valence-electron chi connectivity index (χ2n) is 8.09. The fourth-order valence-electron chi connectivity index (χ4n) is 3.86. The lowest BCUT2D eigenvalue weighted by atomic mass is 9.92. The highest BCUT2D eigenvalue weighted by Gasteiger charge is 2.35. The molecule has 11 heteroatoms. The molecule has 8 nitrogen and oxygen atoms in total. The van der Waals surface area contributed by atoms with E-state index in [2.05, 4.69) is 20.4 Å². The lowest BCUT2D eigenvalue weighted by Crippen LogP contribution is -2.44. The number of rotatable bonds is 10. The van der Waals surface area contributed by atoms with Crippen LogP contribution in [-0.4, -0.2) is 52.9 Å². The van der Waals surface area contributed by atoms with Crippen molar-refractivity contribution < 1.29 is 18.3 Å². The van der Waals surface area contributed by atoms with E-state index in [9.17, 15) is 18.3 Å². The highest BCUT2D eigenvalue weighted by Crippen LogP contribution is 2.28. The Morgan fingerprint density at radius 2 is 1.88 bits per heavy atom. The van der Waals surface area contributed by atoms with Crippen LogP contribution in [0.3, 0.4) is 0 Å². The van der Waals surface area contributed by atoms with Crippen LogP contribution in [0.2, 0.25) is 0 Å². The number of benzene rings is 2. The molecule has 0 saturated heterocycles. The van der Waals surface area contributed by atoms with Crippen molar-refractivity contribution >= 4 is 0 Å². The van der Waals surface area contributed by atoms with Crippen molar-refractivity contribution in [2.75, 3.05) is 13.1 Å². The van der Waals surface area contributed by atoms with Crippen LogP contribution in [0.1, 0.15) is 23.7 Å². The molecule has 0 bridgehead atoms. The molecule has 34 heavy (non-hydrogen) atoms. The van der Waals surface area contributed by atoms with Crippen LogP contribution in [0, 0.1) is 17.5 Å². The van der Waals surface area contributed by atoms with E-state index in [0.717, 1.165) is 17.7 Å². The summed E-state index contributed by atoms with van der Waals surface area (Å²) in [6.45, 7) is 3.02. The average molecular weight is 471 g/mol. The minimum Gasteiger partial charge on any atom is -0.382 e. The van der Waals surface area contributed by atoms with Crippen LogP contribution in [-0.2, 0) is 25.2 Å². The van der Waals surface area contributed by atoms with Gasteiger partial charge in [0.25, 0.3) is 0 Å². The van der Waals surface area contributed by atoms with Gasteiger partial charge in [-0.3, -0.25) is 4.90 Å². The van der Waals surface area contributed by atoms with E-state index in [1.54, 1.807) is 23.0 Å². The van der Waals surface area contributed by atoms with Crippen molar-refractivity contribution in [1.29, 1.82) is 0 Å². The third-order valence-electron chi connectivity index (χ3n) is 5.46. The van der Waals surface area contributed by atoms with Crippen LogP contribution < -0.4 is 0 Å². The molecule has 0 amide bonds. The molecular weight excluding hydrogens is 447 g/mol. The van der Waals surface area contributed by atoms with Crippen molar-refractivity contribution in [2.45, 2.75) is 32.2 Å². The number of halogens is 3. The van der Waals surface area contributed by atoms with Crippen LogP contribution >= 0.6 is 0 Å². The largest absolute Gasteiger partial charge is 0.382 e. The van der Waals surface area contributed by atoms with Gasteiger partial charge < -0.3 is 5.11 Å². The van der Waals surface area contributed by atoms with Crippen LogP contribution in [0.4, 0.5) is 13.2 Å². The molecule has 1 atom stereocenters. The summed E-state index contributed by atoms with van der Waals surface area (Å²) in [5.41, 5.74) is -0.393. The molecule has 0 fully saturated rings. The third-order valence-corrected chi connectivity index (χ3v) is 5.46. The van der Waals surface area contributed by atoms with Crippen molar-refractivity contribution in [3.63, 3.8) is 0 Å². The zero-order valence-corrected chi connectivity index (χ0v) is 18.5. The number of hydrogen-bond donors (Lipinski definition) is 1. The van der Waals surface area contributed by atoms with Crippen molar-refractivity contribution in [1.82, 2.24) is 34.7 Å². The Labute approximate surface area is 194 Å². The van der Waals surface area contributed by atoms with Gasteiger partial charge in [-0.05, 0) is 30.3 Å². The van der Waals surface area contributed by atoms with Gasteiger partial charge >= 0.3 is 0 Å². The first-order valence-electron chi connectivity index (χ1n) is 10.7. The highest BCUT2D eigenvalue weighted by atomic mass is 19.1. The second-order valence-corrected chi connectivity index (χ2v) is 8.09. The van der Waals surface area contributed by atoms with Gasteiger partial charge in [-0.2, -0.15) is 5.10 Å². The fraction of sp³-hybridized carbons (Fsp3) is 0.304. The summed E-state index contributed by atoms with van der Waals surface area (Å²) in [6.07, 6.45) is 4.47. The summed E-state index contributed by atoms with van der Waals surface area (Å²) in [4.78, 5) is 5.75. The lowest BCUT2D eigenvalue weighted by molar-refractivity contribution is -0.0227. The first-order valence-corrected chi connectivity index (χ1v) is 10.7. The zero-order chi connectivity index (χ0) is 24.1. The number of aromatic nitrogens is 6. The molecule has 1 N–H and O–H groups in total. The Kier molecular flexibility index (Phi) is 7.03. The van der Waals surface area contributed by atoms with Crippen molar-refractivity contribution in [2.24, 2.45) is 0 Å². The SMILES string of the molecule is CCN(Cc1cn(Cc2cccc(F)c2)nn1)CC(O)(Cn1cncn1)c1ccc(F)cc1F. The normalized spacial score (nSPS) is 13.4. The Balaban J connectivity index is 1.53. The average Bonchev–Trinajstić information content (AvgIpc) is 3.45. The fourth-order valence-corrected chi connectivity index (χ4v) is 3.86. The molecular formula is C23H24F3N7O. The van der Waals surface area contributed by atoms with Crippen molar-refractivity contribution in [3.05, 3.63) is 95.6 Å². The molecule has 178 valence electrons. The van der Waals surface area contributed by atoms with Crippen LogP contribution in [0.5, 0.6) is 0 Å². The maximum absolute atomic E-state index is 14.7. The number of nitrogens with zero attached hydrogens (tertiary/aromatic N) is 7. The van der Waals surface area contributed by atoms with Crippen LogP contribution in [0.15, 0.2) is 61.3 Å². The topological polar surface area (TPSA) is 84.9 Å². The van der Waals surface area contributed by atoms with Gasteiger partial charge in [-0.1, -0.05) is 30.3 Å². The number of hydrogen-bond acceptors (Lipinski definition) is 6. The highest BCUT2D eigenvalue weighted by molar-refractivity contribution is 5.26. The van der Waals surface area contributed by atoms with E-state index in [1.165, 1.54) is 35.5 Å². The maximum Gasteiger partial charge on any atom is 0.137 e. The molecule has 0 saturated carbocycles. The summed E-state index contributed by atoms with van der Waals surface area (Å²) in [7, 11) is 0. The number of aliphatic hydroxyl groups is 1. The summed E-state index contributed by atoms with van der Waals surface area (Å²) in [5, 5.41) is 23.9. The van der Waals surface area contributed by atoms with Gasteiger partial charge in [-0.15, -0.1) is 5.10 Å². The second kappa shape index (κ2) is 10.1. The molecule has 2 heterocycles. The van der Waals surface area contributed by atoms with Crippen molar-refractivity contribution in [3.8, 4) is 0 Å². The molecule has 0 aliphatic heterocycles. The lowest BCUT2D eigenvalue weighted by Gasteiger charge is -2.34. The summed E-state index contributed by atoms with van der Waals surface area (Å²) < 4.78 is 44.6. The Morgan fingerprint density at radius 3 is 2.59 bits per heavy atom. The monoisotopic (exact) mass is 471 g/mol. The standard InChI is InChI=1S/C23H24F3N7O/c1-2-31(11-20-12-32(30-29-20)10-17-4-3-5-18(24)8-17)13-23(34,14-33-16-27-15-28-33)21-7-6-19(25)9-22(21)26/h3-9,12,15-16,34H,2,10-11,13-14H2,1H3. The van der Waals surface area contributed by atoms with Gasteiger partial charge in [-0.25, -0.2) is 27.5 Å². The van der Waals surface area contributed by atoms with Gasteiger partial charge in [0.1, 0.15) is 35.7 Å². The third kappa shape index (κ3) is 5.67. The van der Waals surface area contributed by atoms with Crippen LogP contribution in [0.25, 0.3) is 0 Å². The van der Waals surface area contributed by atoms with Gasteiger partial charge in [0.05, 0.1) is 25.0 Å². The summed E-state index contributed by atoms with van der Waals surface area (Å²) >= 11 is 0. The maximum atomic E-state index is 14.7. The van der Waals surface area contributed by atoms with E-state index < -0.39 is 17.2 Å². The molecule has 2 aromatic heterocycles. The minimum atomic E-state index is -1.72. The predicted molar refractivity (Wildman–Crippen MR) is 117 cm³/mol. The molecule has 4 rings (SSSR count). The molecule has 0 spiro atoms. The summed E-state index contributed by atoms with van der Waals surface area (Å²) in [6, 6.07) is 9.33. The molecule has 1 unspecified atom stereocenters. The van der Waals surface area contributed by atoms with E-state index in [0.29, 0.717) is 25.3 Å². The minimum absolute atomic E-state index is 0.0165. The van der Waals surface area contributed by atoms with E-state index in [-0.39, 0.29) is 24.5 Å². The Bertz CT molecular complexity index is 1230. The van der Waals surface area contributed by atoms with Gasteiger partial charge in [0.2, 0.25) is 0 Å². The van der Waals surface area contributed by atoms with E-state index >= 15 is 0 Å². The van der Waals surface area contributed by atoms with E-state index in [4.69, 9.17) is 0 Å². The quantitative estimate of drug-likeness (QED) is 0.383. The first-order chi connectivity index (χ1) is 16.3. The molecule has 0 aliphatic carbocycles. The Hall–Kier alpha value is -3.57. The van der Waals surface area contributed by atoms with Gasteiger partial charge in [0.15, 0.2) is 0 Å². The number of likely N-dealkylation sites (N-methyl/N-ethyl adjacent to an activating group) is 1.